The summed E-state index contributed by atoms with van der Waals surface area (Å²) in [5.74, 6) is -0.829. The number of nitrogens with one attached hydrogen (secondary N) is 1. The number of carbonyl (C=O) groups excluding carboxylic acids is 3. The summed E-state index contributed by atoms with van der Waals surface area (Å²) in [5, 5.41) is 2.78. The second-order valence-corrected chi connectivity index (χ2v) is 8.06. The van der Waals surface area contributed by atoms with Crippen LogP contribution in [0.1, 0.15) is 18.1 Å². The molecule has 0 radical (unpaired) electrons. The normalized spacial score (nSPS) is 15.9. The van der Waals surface area contributed by atoms with Gasteiger partial charge in [-0.25, -0.2) is 0 Å². The van der Waals surface area contributed by atoms with E-state index in [9.17, 15) is 14.4 Å². The standard InChI is InChI=1S/C27H26N2O6/c1-33-22-12-6-10-20(15-22)28-26(31)25(18-8-4-3-5-9-18)35-27(32)19-14-24(30)29(17-19)21-11-7-13-23(16-21)34-2/h3-13,15-16,19,25H,14,17H2,1-2H3,(H,28,31). The summed E-state index contributed by atoms with van der Waals surface area (Å²) in [6.07, 6.45) is -1.19. The summed E-state index contributed by atoms with van der Waals surface area (Å²) >= 11 is 0. The molecule has 0 aliphatic carbocycles. The Morgan fingerprint density at radius 3 is 2.31 bits per heavy atom. The lowest BCUT2D eigenvalue weighted by atomic mass is 10.1. The summed E-state index contributed by atoms with van der Waals surface area (Å²) < 4.78 is 16.1. The van der Waals surface area contributed by atoms with Gasteiger partial charge in [-0.3, -0.25) is 14.4 Å². The third kappa shape index (κ3) is 5.60. The molecule has 0 aromatic heterocycles. The summed E-state index contributed by atoms with van der Waals surface area (Å²) in [6, 6.07) is 22.7. The van der Waals surface area contributed by atoms with Crippen molar-refractivity contribution < 1.29 is 28.6 Å². The molecule has 0 spiro atoms. The lowest BCUT2D eigenvalue weighted by Crippen LogP contribution is -2.30. The topological polar surface area (TPSA) is 94.2 Å². The van der Waals surface area contributed by atoms with Crippen LogP contribution in [0.5, 0.6) is 11.5 Å². The number of amides is 2. The molecule has 1 fully saturated rings. The van der Waals surface area contributed by atoms with E-state index in [0.717, 1.165) is 0 Å². The van der Waals surface area contributed by atoms with E-state index in [1.807, 2.05) is 6.07 Å². The van der Waals surface area contributed by atoms with Crippen LogP contribution in [0.2, 0.25) is 0 Å². The van der Waals surface area contributed by atoms with Gasteiger partial charge in [0.2, 0.25) is 12.0 Å². The number of hydrogen-bond acceptors (Lipinski definition) is 6. The Labute approximate surface area is 203 Å². The zero-order valence-corrected chi connectivity index (χ0v) is 19.5. The lowest BCUT2D eigenvalue weighted by Gasteiger charge is -2.21. The number of nitrogens with zero attached hydrogens (tertiary/aromatic N) is 1. The number of methoxy groups -OCH3 is 2. The highest BCUT2D eigenvalue weighted by molar-refractivity contribution is 6.00. The van der Waals surface area contributed by atoms with Crippen molar-refractivity contribution in [3.63, 3.8) is 0 Å². The molecule has 1 aliphatic heterocycles. The third-order valence-electron chi connectivity index (χ3n) is 5.74. The van der Waals surface area contributed by atoms with Crippen molar-refractivity contribution >= 4 is 29.2 Å². The first-order chi connectivity index (χ1) is 17.0. The van der Waals surface area contributed by atoms with Gasteiger partial charge >= 0.3 is 5.97 Å². The summed E-state index contributed by atoms with van der Waals surface area (Å²) in [6.45, 7) is 0.157. The minimum absolute atomic E-state index is 0.00490. The van der Waals surface area contributed by atoms with E-state index in [-0.39, 0.29) is 18.9 Å². The molecule has 0 saturated carbocycles. The van der Waals surface area contributed by atoms with Gasteiger partial charge in [-0.15, -0.1) is 0 Å². The fourth-order valence-electron chi connectivity index (χ4n) is 3.92. The fraction of sp³-hybridized carbons (Fsp3) is 0.222. The van der Waals surface area contributed by atoms with Crippen LogP contribution in [0.4, 0.5) is 11.4 Å². The van der Waals surface area contributed by atoms with Crippen molar-refractivity contribution in [1.29, 1.82) is 0 Å². The van der Waals surface area contributed by atoms with Crippen LogP contribution >= 0.6 is 0 Å². The smallest absolute Gasteiger partial charge is 0.312 e. The van der Waals surface area contributed by atoms with Crippen molar-refractivity contribution in [3.05, 3.63) is 84.4 Å². The molecule has 3 aromatic carbocycles. The van der Waals surface area contributed by atoms with Gasteiger partial charge in [0.15, 0.2) is 0 Å². The maximum atomic E-state index is 13.2. The molecule has 2 amide bonds. The fourth-order valence-corrected chi connectivity index (χ4v) is 3.92. The molecule has 3 aromatic rings. The number of rotatable bonds is 8. The van der Waals surface area contributed by atoms with Crippen LogP contribution in [-0.4, -0.2) is 38.5 Å². The number of hydrogen-bond donors (Lipinski definition) is 1. The third-order valence-corrected chi connectivity index (χ3v) is 5.74. The molecule has 1 aliphatic rings. The first-order valence-corrected chi connectivity index (χ1v) is 11.1. The average Bonchev–Trinajstić information content (AvgIpc) is 3.29. The van der Waals surface area contributed by atoms with Gasteiger partial charge in [-0.2, -0.15) is 0 Å². The Bertz CT molecular complexity index is 1210. The SMILES string of the molecule is COc1cccc(NC(=O)C(OC(=O)C2CC(=O)N(c3cccc(OC)c3)C2)c2ccccc2)c1. The summed E-state index contributed by atoms with van der Waals surface area (Å²) in [4.78, 5) is 40.5. The van der Waals surface area contributed by atoms with Gasteiger partial charge in [-0.05, 0) is 24.3 Å². The molecule has 4 rings (SSSR count). The second kappa shape index (κ2) is 10.7. The zero-order chi connectivity index (χ0) is 24.8. The monoisotopic (exact) mass is 474 g/mol. The molecular weight excluding hydrogens is 448 g/mol. The van der Waals surface area contributed by atoms with E-state index in [4.69, 9.17) is 14.2 Å². The van der Waals surface area contributed by atoms with E-state index in [1.54, 1.807) is 79.9 Å². The lowest BCUT2D eigenvalue weighted by molar-refractivity contribution is -0.158. The Balaban J connectivity index is 1.50. The Kier molecular flexibility index (Phi) is 7.30. The molecule has 1 N–H and O–H groups in total. The highest BCUT2D eigenvalue weighted by atomic mass is 16.5. The van der Waals surface area contributed by atoms with Crippen molar-refractivity contribution in [2.24, 2.45) is 5.92 Å². The predicted molar refractivity (Wildman–Crippen MR) is 130 cm³/mol. The largest absolute Gasteiger partial charge is 0.497 e. The van der Waals surface area contributed by atoms with E-state index >= 15 is 0 Å². The predicted octanol–water partition coefficient (Wildman–Crippen LogP) is 3.98. The quantitative estimate of drug-likeness (QED) is 0.497. The Morgan fingerprint density at radius 1 is 0.914 bits per heavy atom. The molecule has 2 unspecified atom stereocenters. The number of ether oxygens (including phenoxy) is 3. The Morgan fingerprint density at radius 2 is 1.60 bits per heavy atom. The van der Waals surface area contributed by atoms with Gasteiger partial charge in [-0.1, -0.05) is 42.5 Å². The molecule has 0 bridgehead atoms. The molecule has 2 atom stereocenters. The van der Waals surface area contributed by atoms with E-state index < -0.39 is 23.9 Å². The average molecular weight is 475 g/mol. The van der Waals surface area contributed by atoms with E-state index in [2.05, 4.69) is 5.32 Å². The second-order valence-electron chi connectivity index (χ2n) is 8.06. The van der Waals surface area contributed by atoms with Crippen molar-refractivity contribution in [1.82, 2.24) is 0 Å². The van der Waals surface area contributed by atoms with Crippen LogP contribution in [0, 0.1) is 5.92 Å². The zero-order valence-electron chi connectivity index (χ0n) is 19.5. The molecule has 1 saturated heterocycles. The minimum atomic E-state index is -1.18. The van der Waals surface area contributed by atoms with E-state index in [1.165, 1.54) is 12.0 Å². The number of carbonyl (C=O) groups is 3. The minimum Gasteiger partial charge on any atom is -0.497 e. The highest BCUT2D eigenvalue weighted by Crippen LogP contribution is 2.30. The summed E-state index contributed by atoms with van der Waals surface area (Å²) in [5.41, 5.74) is 1.67. The van der Waals surface area contributed by atoms with Crippen LogP contribution in [-0.2, 0) is 19.1 Å². The summed E-state index contributed by atoms with van der Waals surface area (Å²) in [7, 11) is 3.08. The number of esters is 1. The van der Waals surface area contributed by atoms with Crippen LogP contribution < -0.4 is 19.7 Å². The van der Waals surface area contributed by atoms with Gasteiger partial charge in [0.05, 0.1) is 20.1 Å². The van der Waals surface area contributed by atoms with Crippen molar-refractivity contribution in [3.8, 4) is 11.5 Å². The first kappa shape index (κ1) is 23.8. The molecule has 1 heterocycles. The number of benzene rings is 3. The first-order valence-electron chi connectivity index (χ1n) is 11.1. The maximum Gasteiger partial charge on any atom is 0.312 e. The van der Waals surface area contributed by atoms with Crippen LogP contribution in [0.15, 0.2) is 78.9 Å². The van der Waals surface area contributed by atoms with Crippen molar-refractivity contribution in [2.45, 2.75) is 12.5 Å². The molecule has 8 heteroatoms. The van der Waals surface area contributed by atoms with Crippen molar-refractivity contribution in [2.75, 3.05) is 31.0 Å². The van der Waals surface area contributed by atoms with Gasteiger partial charge in [0.25, 0.3) is 5.91 Å². The molecular formula is C27H26N2O6. The highest BCUT2D eigenvalue weighted by Gasteiger charge is 2.38. The number of anilines is 2. The van der Waals surface area contributed by atoms with Gasteiger partial charge < -0.3 is 24.4 Å². The molecule has 180 valence electrons. The maximum absolute atomic E-state index is 13.2. The molecule has 8 nitrogen and oxygen atoms in total. The van der Waals surface area contributed by atoms with Crippen LogP contribution in [0.25, 0.3) is 0 Å². The van der Waals surface area contributed by atoms with Crippen LogP contribution in [0.3, 0.4) is 0 Å². The Hall–Kier alpha value is -4.33. The van der Waals surface area contributed by atoms with Gasteiger partial charge in [0, 0.05) is 42.0 Å². The van der Waals surface area contributed by atoms with Gasteiger partial charge in [0.1, 0.15) is 11.5 Å². The van der Waals surface area contributed by atoms with E-state index in [0.29, 0.717) is 28.4 Å². The molecule has 35 heavy (non-hydrogen) atoms.